The standard InChI is InChI=1S/C14H12ClNO.C10H8N2O.C4H8/c15-13-8-6-11(7-9-13)10-16-14(17)12-4-2-1-3-5-12;13-7-12-10-2-1-9-6-11-4-3-8(9)5-10;1-4-2-3-4/h1-9H,10H2,(H,16,17);1-7H,(H,12,13);4H,2-3H2,1H3. The van der Waals surface area contributed by atoms with Gasteiger partial charge in [0.2, 0.25) is 6.41 Å². The highest BCUT2D eigenvalue weighted by atomic mass is 35.5. The number of rotatable bonds is 5. The van der Waals surface area contributed by atoms with Crippen LogP contribution >= 0.6 is 11.6 Å². The summed E-state index contributed by atoms with van der Waals surface area (Å²) < 4.78 is 0. The average Bonchev–Trinajstić information content (AvgIpc) is 3.67. The summed E-state index contributed by atoms with van der Waals surface area (Å²) >= 11 is 5.78. The van der Waals surface area contributed by atoms with Crippen molar-refractivity contribution in [2.24, 2.45) is 5.92 Å². The number of hydrogen-bond donors (Lipinski definition) is 2. The van der Waals surface area contributed by atoms with E-state index in [2.05, 4.69) is 22.5 Å². The second kappa shape index (κ2) is 13.1. The maximum atomic E-state index is 11.7. The third-order valence-corrected chi connectivity index (χ3v) is 5.39. The van der Waals surface area contributed by atoms with E-state index in [-0.39, 0.29) is 5.91 Å². The van der Waals surface area contributed by atoms with Gasteiger partial charge in [-0.3, -0.25) is 14.6 Å². The smallest absolute Gasteiger partial charge is 0.251 e. The molecule has 2 amide bonds. The molecule has 6 heteroatoms. The molecule has 1 fully saturated rings. The number of carbonyl (C=O) groups excluding carboxylic acids is 2. The summed E-state index contributed by atoms with van der Waals surface area (Å²) in [6, 6.07) is 24.2. The van der Waals surface area contributed by atoms with Gasteiger partial charge < -0.3 is 10.6 Å². The lowest BCUT2D eigenvalue weighted by Gasteiger charge is -2.05. The molecule has 34 heavy (non-hydrogen) atoms. The lowest BCUT2D eigenvalue weighted by atomic mass is 10.1. The number of carbonyl (C=O) groups is 2. The number of nitrogens with zero attached hydrogens (tertiary/aromatic N) is 1. The van der Waals surface area contributed by atoms with E-state index in [0.29, 0.717) is 23.5 Å². The van der Waals surface area contributed by atoms with Crippen LogP contribution in [-0.4, -0.2) is 17.3 Å². The monoisotopic (exact) mass is 473 g/mol. The lowest BCUT2D eigenvalue weighted by Crippen LogP contribution is -2.22. The van der Waals surface area contributed by atoms with Gasteiger partial charge in [0.15, 0.2) is 0 Å². The van der Waals surface area contributed by atoms with Crippen LogP contribution < -0.4 is 10.6 Å². The minimum atomic E-state index is -0.0689. The zero-order valence-electron chi connectivity index (χ0n) is 19.1. The highest BCUT2D eigenvalue weighted by molar-refractivity contribution is 6.30. The Bertz CT molecular complexity index is 1190. The minimum Gasteiger partial charge on any atom is -0.348 e. The first-order chi connectivity index (χ1) is 16.5. The first kappa shape index (κ1) is 24.9. The third kappa shape index (κ3) is 8.68. The van der Waals surface area contributed by atoms with Crippen molar-refractivity contribution in [1.82, 2.24) is 10.3 Å². The van der Waals surface area contributed by atoms with Crippen molar-refractivity contribution < 1.29 is 9.59 Å². The number of halogens is 1. The molecule has 0 aliphatic heterocycles. The Morgan fingerprint density at radius 1 is 1.00 bits per heavy atom. The number of anilines is 1. The third-order valence-electron chi connectivity index (χ3n) is 5.13. The van der Waals surface area contributed by atoms with Crippen LogP contribution in [0.3, 0.4) is 0 Å². The fourth-order valence-corrected chi connectivity index (χ4v) is 3.01. The number of fused-ring (bicyclic) bond motifs is 1. The molecule has 0 unspecified atom stereocenters. The Morgan fingerprint density at radius 3 is 2.35 bits per heavy atom. The van der Waals surface area contributed by atoms with Gasteiger partial charge in [-0.2, -0.15) is 0 Å². The number of nitrogens with one attached hydrogen (secondary N) is 2. The Kier molecular flexibility index (Phi) is 9.62. The van der Waals surface area contributed by atoms with Crippen LogP contribution in [0.4, 0.5) is 5.69 Å². The van der Waals surface area contributed by atoms with Crippen molar-refractivity contribution in [2.75, 3.05) is 5.32 Å². The van der Waals surface area contributed by atoms with Gasteiger partial charge >= 0.3 is 0 Å². The maximum absolute atomic E-state index is 11.7. The van der Waals surface area contributed by atoms with E-state index < -0.39 is 0 Å². The summed E-state index contributed by atoms with van der Waals surface area (Å²) in [4.78, 5) is 25.9. The van der Waals surface area contributed by atoms with Gasteiger partial charge in [0.1, 0.15) is 0 Å². The van der Waals surface area contributed by atoms with Crippen LogP contribution in [0, 0.1) is 5.92 Å². The van der Waals surface area contributed by atoms with Crippen molar-refractivity contribution in [3.05, 3.63) is 107 Å². The Labute approximate surface area is 205 Å². The fourth-order valence-electron chi connectivity index (χ4n) is 2.88. The number of pyridine rings is 1. The molecule has 1 heterocycles. The highest BCUT2D eigenvalue weighted by Crippen LogP contribution is 2.26. The van der Waals surface area contributed by atoms with Crippen LogP contribution in [0.25, 0.3) is 10.8 Å². The molecule has 0 bridgehead atoms. The summed E-state index contributed by atoms with van der Waals surface area (Å²) in [5, 5.41) is 8.29. The van der Waals surface area contributed by atoms with Crippen LogP contribution in [0.15, 0.2) is 91.3 Å². The van der Waals surface area contributed by atoms with Crippen molar-refractivity contribution in [3.8, 4) is 0 Å². The Hall–Kier alpha value is -3.70. The molecule has 0 spiro atoms. The van der Waals surface area contributed by atoms with Crippen molar-refractivity contribution >= 4 is 40.4 Å². The van der Waals surface area contributed by atoms with E-state index in [1.807, 2.05) is 66.7 Å². The maximum Gasteiger partial charge on any atom is 0.251 e. The number of amides is 2. The van der Waals surface area contributed by atoms with Crippen LogP contribution in [-0.2, 0) is 11.3 Å². The summed E-state index contributed by atoms with van der Waals surface area (Å²) in [7, 11) is 0. The Balaban J connectivity index is 0.000000167. The predicted octanol–water partition coefficient (Wildman–Crippen LogP) is 6.49. The van der Waals surface area contributed by atoms with E-state index in [9.17, 15) is 9.59 Å². The highest BCUT2D eigenvalue weighted by Gasteiger charge is 2.12. The molecule has 0 radical (unpaired) electrons. The topological polar surface area (TPSA) is 71.1 Å². The molecule has 3 aromatic carbocycles. The summed E-state index contributed by atoms with van der Waals surface area (Å²) in [5.74, 6) is 1.01. The zero-order valence-corrected chi connectivity index (χ0v) is 19.8. The molecule has 1 saturated carbocycles. The van der Waals surface area contributed by atoms with Gasteiger partial charge in [0.05, 0.1) is 0 Å². The molecule has 0 atom stereocenters. The molecule has 4 aromatic rings. The van der Waals surface area contributed by atoms with Crippen molar-refractivity contribution in [2.45, 2.75) is 26.3 Å². The van der Waals surface area contributed by atoms with Gasteiger partial charge in [0, 0.05) is 40.6 Å². The van der Waals surface area contributed by atoms with Crippen LogP contribution in [0.5, 0.6) is 0 Å². The molecule has 174 valence electrons. The lowest BCUT2D eigenvalue weighted by molar-refractivity contribution is -0.105. The van der Waals surface area contributed by atoms with Gasteiger partial charge in [0.25, 0.3) is 5.91 Å². The molecule has 1 aromatic heterocycles. The molecule has 2 N–H and O–H groups in total. The zero-order chi connectivity index (χ0) is 24.2. The summed E-state index contributed by atoms with van der Waals surface area (Å²) in [6.07, 6.45) is 7.16. The largest absolute Gasteiger partial charge is 0.348 e. The predicted molar refractivity (Wildman–Crippen MR) is 139 cm³/mol. The number of benzene rings is 3. The van der Waals surface area contributed by atoms with Gasteiger partial charge in [-0.15, -0.1) is 0 Å². The molecule has 5 nitrogen and oxygen atoms in total. The number of hydrogen-bond acceptors (Lipinski definition) is 3. The van der Waals surface area contributed by atoms with Gasteiger partial charge in [-0.05, 0) is 59.3 Å². The van der Waals surface area contributed by atoms with E-state index in [1.54, 1.807) is 24.5 Å². The average molecular weight is 474 g/mol. The normalized spacial score (nSPS) is 11.8. The molecule has 1 aliphatic rings. The molecule has 0 saturated heterocycles. The van der Waals surface area contributed by atoms with Crippen molar-refractivity contribution in [1.29, 1.82) is 0 Å². The summed E-state index contributed by atoms with van der Waals surface area (Å²) in [6.45, 7) is 2.78. The van der Waals surface area contributed by atoms with Crippen LogP contribution in [0.2, 0.25) is 5.02 Å². The van der Waals surface area contributed by atoms with Crippen LogP contribution in [0.1, 0.15) is 35.7 Å². The SMILES string of the molecule is CC1CC1.O=C(NCc1ccc(Cl)cc1)c1ccccc1.O=CNc1ccc2cnccc2c1. The molecule has 5 rings (SSSR count). The van der Waals surface area contributed by atoms with E-state index in [4.69, 9.17) is 11.6 Å². The molecular formula is C28H28ClN3O2. The minimum absolute atomic E-state index is 0.0689. The first-order valence-corrected chi connectivity index (χ1v) is 11.5. The second-order valence-electron chi connectivity index (χ2n) is 8.06. The van der Waals surface area contributed by atoms with E-state index in [1.165, 1.54) is 12.8 Å². The molecular weight excluding hydrogens is 446 g/mol. The fraction of sp³-hybridized carbons (Fsp3) is 0.179. The molecule has 1 aliphatic carbocycles. The quantitative estimate of drug-likeness (QED) is 0.325. The van der Waals surface area contributed by atoms with Gasteiger partial charge in [-0.1, -0.05) is 67.8 Å². The summed E-state index contributed by atoms with van der Waals surface area (Å²) in [5.41, 5.74) is 2.49. The van der Waals surface area contributed by atoms with Gasteiger partial charge in [-0.25, -0.2) is 0 Å². The number of aromatic nitrogens is 1. The van der Waals surface area contributed by atoms with E-state index in [0.717, 1.165) is 27.9 Å². The first-order valence-electron chi connectivity index (χ1n) is 11.2. The Morgan fingerprint density at radius 2 is 1.71 bits per heavy atom. The second-order valence-corrected chi connectivity index (χ2v) is 8.49. The van der Waals surface area contributed by atoms with Crippen molar-refractivity contribution in [3.63, 3.8) is 0 Å². The van der Waals surface area contributed by atoms with E-state index >= 15 is 0 Å².